The zero-order valence-electron chi connectivity index (χ0n) is 11.3. The highest BCUT2D eigenvalue weighted by molar-refractivity contribution is 4.88. The first kappa shape index (κ1) is 13.0. The molecule has 15 heavy (non-hydrogen) atoms. The van der Waals surface area contributed by atoms with Crippen molar-refractivity contribution in [3.8, 4) is 0 Å². The van der Waals surface area contributed by atoms with Gasteiger partial charge in [0.2, 0.25) is 0 Å². The van der Waals surface area contributed by atoms with Crippen molar-refractivity contribution in [2.75, 3.05) is 0 Å². The van der Waals surface area contributed by atoms with Crippen molar-refractivity contribution in [2.45, 2.75) is 84.8 Å². The molecule has 1 fully saturated rings. The van der Waals surface area contributed by atoms with Crippen molar-refractivity contribution in [3.63, 3.8) is 0 Å². The molecule has 0 amide bonds. The summed E-state index contributed by atoms with van der Waals surface area (Å²) in [6.07, 6.45) is 6.89. The SMILES string of the molecule is CCC(C)N1C(CC)CCCC1C(C)C. The first-order valence-corrected chi connectivity index (χ1v) is 6.89. The third kappa shape index (κ3) is 2.96. The molecule has 3 atom stereocenters. The lowest BCUT2D eigenvalue weighted by Gasteiger charge is -2.47. The van der Waals surface area contributed by atoms with Crippen molar-refractivity contribution in [1.29, 1.82) is 0 Å². The van der Waals surface area contributed by atoms with E-state index < -0.39 is 0 Å². The zero-order valence-corrected chi connectivity index (χ0v) is 11.3. The minimum absolute atomic E-state index is 0.766. The van der Waals surface area contributed by atoms with Crippen LogP contribution in [0, 0.1) is 5.92 Å². The average Bonchev–Trinajstić information content (AvgIpc) is 2.26. The van der Waals surface area contributed by atoms with Crippen LogP contribution >= 0.6 is 0 Å². The van der Waals surface area contributed by atoms with Gasteiger partial charge < -0.3 is 0 Å². The van der Waals surface area contributed by atoms with E-state index in [1.165, 1.54) is 32.1 Å². The van der Waals surface area contributed by atoms with Crippen molar-refractivity contribution >= 4 is 0 Å². The van der Waals surface area contributed by atoms with Crippen LogP contribution < -0.4 is 0 Å². The topological polar surface area (TPSA) is 3.24 Å². The first-order chi connectivity index (χ1) is 7.11. The minimum Gasteiger partial charge on any atom is -0.295 e. The molecule has 0 radical (unpaired) electrons. The lowest BCUT2D eigenvalue weighted by Crippen LogP contribution is -2.52. The van der Waals surface area contributed by atoms with Crippen LogP contribution in [0.1, 0.15) is 66.7 Å². The fourth-order valence-electron chi connectivity index (χ4n) is 3.12. The van der Waals surface area contributed by atoms with Crippen LogP contribution in [0.15, 0.2) is 0 Å². The van der Waals surface area contributed by atoms with E-state index >= 15 is 0 Å². The number of nitrogens with zero attached hydrogens (tertiary/aromatic N) is 1. The molecule has 1 aliphatic rings. The maximum Gasteiger partial charge on any atom is 0.0124 e. The van der Waals surface area contributed by atoms with Gasteiger partial charge in [-0.2, -0.15) is 0 Å². The molecule has 3 unspecified atom stereocenters. The van der Waals surface area contributed by atoms with Gasteiger partial charge in [0.25, 0.3) is 0 Å². The summed E-state index contributed by atoms with van der Waals surface area (Å²) in [7, 11) is 0. The molecule has 0 saturated carbocycles. The fraction of sp³-hybridized carbons (Fsp3) is 1.00. The molecule has 1 heterocycles. The van der Waals surface area contributed by atoms with Gasteiger partial charge in [0.05, 0.1) is 0 Å². The van der Waals surface area contributed by atoms with Crippen LogP contribution in [0.4, 0.5) is 0 Å². The molecule has 1 nitrogen and oxygen atoms in total. The molecular weight excluding hydrogens is 182 g/mol. The zero-order chi connectivity index (χ0) is 11.4. The number of hydrogen-bond acceptors (Lipinski definition) is 1. The van der Waals surface area contributed by atoms with Gasteiger partial charge in [0.1, 0.15) is 0 Å². The highest BCUT2D eigenvalue weighted by atomic mass is 15.2. The van der Waals surface area contributed by atoms with E-state index in [0.717, 1.165) is 24.0 Å². The summed E-state index contributed by atoms with van der Waals surface area (Å²) in [6, 6.07) is 2.45. The Morgan fingerprint density at radius 1 is 1.13 bits per heavy atom. The van der Waals surface area contributed by atoms with Crippen LogP contribution in [-0.4, -0.2) is 23.0 Å². The van der Waals surface area contributed by atoms with Gasteiger partial charge in [0.15, 0.2) is 0 Å². The molecule has 0 aromatic carbocycles. The number of likely N-dealkylation sites (tertiary alicyclic amines) is 1. The van der Waals surface area contributed by atoms with Crippen LogP contribution in [-0.2, 0) is 0 Å². The van der Waals surface area contributed by atoms with Gasteiger partial charge in [-0.15, -0.1) is 0 Å². The van der Waals surface area contributed by atoms with Gasteiger partial charge in [-0.05, 0) is 38.5 Å². The molecule has 0 bridgehead atoms. The molecule has 90 valence electrons. The standard InChI is InChI=1S/C14H29N/c1-6-12(5)15-13(7-2)9-8-10-14(15)11(3)4/h11-14H,6-10H2,1-5H3. The molecular formula is C14H29N. The quantitative estimate of drug-likeness (QED) is 0.677. The Balaban J connectivity index is 2.76. The summed E-state index contributed by atoms with van der Waals surface area (Å²) in [5.41, 5.74) is 0. The minimum atomic E-state index is 0.766. The summed E-state index contributed by atoms with van der Waals surface area (Å²) in [5.74, 6) is 0.813. The molecule has 1 aliphatic heterocycles. The van der Waals surface area contributed by atoms with E-state index in [4.69, 9.17) is 0 Å². The summed E-state index contributed by atoms with van der Waals surface area (Å²) < 4.78 is 0. The third-order valence-electron chi connectivity index (χ3n) is 4.18. The van der Waals surface area contributed by atoms with E-state index in [2.05, 4.69) is 39.5 Å². The second kappa shape index (κ2) is 5.89. The average molecular weight is 211 g/mol. The Labute approximate surface area is 96.2 Å². The monoisotopic (exact) mass is 211 g/mol. The van der Waals surface area contributed by atoms with Crippen LogP contribution in [0.3, 0.4) is 0 Å². The van der Waals surface area contributed by atoms with E-state index in [9.17, 15) is 0 Å². The first-order valence-electron chi connectivity index (χ1n) is 6.89. The smallest absolute Gasteiger partial charge is 0.0124 e. The van der Waals surface area contributed by atoms with Gasteiger partial charge in [-0.1, -0.05) is 34.1 Å². The van der Waals surface area contributed by atoms with Crippen LogP contribution in [0.25, 0.3) is 0 Å². The third-order valence-corrected chi connectivity index (χ3v) is 4.18. The summed E-state index contributed by atoms with van der Waals surface area (Å²) >= 11 is 0. The van der Waals surface area contributed by atoms with Crippen molar-refractivity contribution in [2.24, 2.45) is 5.92 Å². The Morgan fingerprint density at radius 2 is 1.80 bits per heavy atom. The summed E-state index contributed by atoms with van der Waals surface area (Å²) in [4.78, 5) is 2.83. The van der Waals surface area contributed by atoms with Crippen molar-refractivity contribution in [1.82, 2.24) is 4.90 Å². The molecule has 0 aromatic rings. The summed E-state index contributed by atoms with van der Waals surface area (Å²) in [5, 5.41) is 0. The Bertz CT molecular complexity index is 176. The predicted molar refractivity (Wildman–Crippen MR) is 68.1 cm³/mol. The summed E-state index contributed by atoms with van der Waals surface area (Å²) in [6.45, 7) is 11.9. The molecule has 0 spiro atoms. The lowest BCUT2D eigenvalue weighted by atomic mass is 9.86. The normalized spacial score (nSPS) is 30.8. The molecule has 0 N–H and O–H groups in total. The number of piperidine rings is 1. The highest BCUT2D eigenvalue weighted by Gasteiger charge is 2.33. The number of rotatable bonds is 4. The van der Waals surface area contributed by atoms with Gasteiger partial charge in [-0.3, -0.25) is 4.90 Å². The van der Waals surface area contributed by atoms with Gasteiger partial charge in [0, 0.05) is 18.1 Å². The van der Waals surface area contributed by atoms with E-state index in [1.807, 2.05) is 0 Å². The Hall–Kier alpha value is -0.0400. The van der Waals surface area contributed by atoms with Crippen LogP contribution in [0.5, 0.6) is 0 Å². The van der Waals surface area contributed by atoms with Gasteiger partial charge in [-0.25, -0.2) is 0 Å². The molecule has 1 rings (SSSR count). The maximum absolute atomic E-state index is 2.83. The fourth-order valence-corrected chi connectivity index (χ4v) is 3.12. The molecule has 1 heteroatoms. The van der Waals surface area contributed by atoms with Gasteiger partial charge >= 0.3 is 0 Å². The Kier molecular flexibility index (Phi) is 5.11. The largest absolute Gasteiger partial charge is 0.295 e. The predicted octanol–water partition coefficient (Wildman–Crippen LogP) is 4.07. The molecule has 0 aliphatic carbocycles. The Morgan fingerprint density at radius 3 is 2.27 bits per heavy atom. The number of hydrogen-bond donors (Lipinski definition) is 0. The van der Waals surface area contributed by atoms with Crippen molar-refractivity contribution < 1.29 is 0 Å². The maximum atomic E-state index is 2.83. The van der Waals surface area contributed by atoms with E-state index in [0.29, 0.717) is 0 Å². The van der Waals surface area contributed by atoms with Crippen molar-refractivity contribution in [3.05, 3.63) is 0 Å². The van der Waals surface area contributed by atoms with E-state index in [-0.39, 0.29) is 0 Å². The second-order valence-electron chi connectivity index (χ2n) is 5.51. The second-order valence-corrected chi connectivity index (χ2v) is 5.51. The molecule has 0 aromatic heterocycles. The van der Waals surface area contributed by atoms with E-state index in [1.54, 1.807) is 0 Å². The lowest BCUT2D eigenvalue weighted by molar-refractivity contribution is 0.0181. The van der Waals surface area contributed by atoms with Crippen LogP contribution in [0.2, 0.25) is 0 Å². The highest BCUT2D eigenvalue weighted by Crippen LogP contribution is 2.31. The molecule has 1 saturated heterocycles.